The standard InChI is InChI=1S/C15H15N3O4/c19-15(14-10-7-20-4-3-11(10)17-18-14)16-6-9-1-2-12-13(5-9)22-8-21-12/h1-2,5H,3-4,6-8H2,(H,16,19)(H,17,18). The fourth-order valence-electron chi connectivity index (χ4n) is 2.62. The van der Waals surface area contributed by atoms with Gasteiger partial charge >= 0.3 is 0 Å². The summed E-state index contributed by atoms with van der Waals surface area (Å²) in [6, 6.07) is 5.61. The van der Waals surface area contributed by atoms with Crippen LogP contribution in [0.15, 0.2) is 18.2 Å². The lowest BCUT2D eigenvalue weighted by atomic mass is 10.1. The van der Waals surface area contributed by atoms with Gasteiger partial charge < -0.3 is 19.5 Å². The maximum absolute atomic E-state index is 12.3. The maximum Gasteiger partial charge on any atom is 0.272 e. The van der Waals surface area contributed by atoms with E-state index in [4.69, 9.17) is 14.2 Å². The molecule has 0 fully saturated rings. The minimum Gasteiger partial charge on any atom is -0.454 e. The molecule has 0 aliphatic carbocycles. The second-order valence-electron chi connectivity index (χ2n) is 5.20. The summed E-state index contributed by atoms with van der Waals surface area (Å²) in [5, 5.41) is 9.89. The van der Waals surface area contributed by atoms with Crippen LogP contribution in [0.4, 0.5) is 0 Å². The number of carbonyl (C=O) groups is 1. The number of benzene rings is 1. The second kappa shape index (κ2) is 5.34. The Labute approximate surface area is 126 Å². The van der Waals surface area contributed by atoms with Gasteiger partial charge in [0.15, 0.2) is 17.2 Å². The van der Waals surface area contributed by atoms with Crippen LogP contribution in [-0.2, 0) is 24.3 Å². The predicted molar refractivity (Wildman–Crippen MR) is 75.7 cm³/mol. The molecule has 114 valence electrons. The number of nitrogens with zero attached hydrogens (tertiary/aromatic N) is 1. The lowest BCUT2D eigenvalue weighted by Crippen LogP contribution is -2.25. The molecule has 1 aromatic heterocycles. The van der Waals surface area contributed by atoms with Crippen LogP contribution in [-0.4, -0.2) is 29.5 Å². The third-order valence-corrected chi connectivity index (χ3v) is 3.80. The first-order valence-electron chi connectivity index (χ1n) is 7.12. The minimum atomic E-state index is -0.208. The molecule has 0 unspecified atom stereocenters. The van der Waals surface area contributed by atoms with E-state index in [1.807, 2.05) is 18.2 Å². The molecule has 1 amide bonds. The summed E-state index contributed by atoms with van der Waals surface area (Å²) in [4.78, 5) is 12.3. The molecule has 7 nitrogen and oxygen atoms in total. The molecule has 22 heavy (non-hydrogen) atoms. The highest BCUT2D eigenvalue weighted by Gasteiger charge is 2.22. The van der Waals surface area contributed by atoms with E-state index in [-0.39, 0.29) is 12.7 Å². The molecule has 0 atom stereocenters. The summed E-state index contributed by atoms with van der Waals surface area (Å²) in [6.45, 7) is 1.73. The number of aromatic nitrogens is 2. The fourth-order valence-corrected chi connectivity index (χ4v) is 2.62. The molecule has 7 heteroatoms. The predicted octanol–water partition coefficient (Wildman–Crippen LogP) is 1.14. The molecule has 2 N–H and O–H groups in total. The molecule has 0 spiro atoms. The largest absolute Gasteiger partial charge is 0.454 e. The van der Waals surface area contributed by atoms with Crippen molar-refractivity contribution >= 4 is 5.91 Å². The van der Waals surface area contributed by atoms with Crippen molar-refractivity contribution in [2.24, 2.45) is 0 Å². The van der Waals surface area contributed by atoms with Gasteiger partial charge in [0, 0.05) is 24.2 Å². The van der Waals surface area contributed by atoms with Crippen molar-refractivity contribution in [3.63, 3.8) is 0 Å². The lowest BCUT2D eigenvalue weighted by Gasteiger charge is -2.12. The van der Waals surface area contributed by atoms with Crippen LogP contribution in [0.2, 0.25) is 0 Å². The quantitative estimate of drug-likeness (QED) is 0.888. The fraction of sp³-hybridized carbons (Fsp3) is 0.333. The summed E-state index contributed by atoms with van der Waals surface area (Å²) in [5.41, 5.74) is 3.20. The zero-order valence-corrected chi connectivity index (χ0v) is 11.8. The number of hydrogen-bond acceptors (Lipinski definition) is 5. The summed E-state index contributed by atoms with van der Waals surface area (Å²) in [5.74, 6) is 1.23. The lowest BCUT2D eigenvalue weighted by molar-refractivity contribution is 0.0922. The van der Waals surface area contributed by atoms with E-state index in [0.29, 0.717) is 31.2 Å². The molecule has 2 aromatic rings. The Kier molecular flexibility index (Phi) is 3.19. The Morgan fingerprint density at radius 1 is 1.32 bits per heavy atom. The summed E-state index contributed by atoms with van der Waals surface area (Å²) >= 11 is 0. The Balaban J connectivity index is 1.45. The first-order chi connectivity index (χ1) is 10.8. The third kappa shape index (κ3) is 2.29. The van der Waals surface area contributed by atoms with E-state index in [1.54, 1.807) is 0 Å². The van der Waals surface area contributed by atoms with Crippen LogP contribution in [0, 0.1) is 0 Å². The van der Waals surface area contributed by atoms with Crippen molar-refractivity contribution in [3.8, 4) is 11.5 Å². The molecule has 0 saturated heterocycles. The van der Waals surface area contributed by atoms with E-state index >= 15 is 0 Å². The SMILES string of the molecule is O=C(NCc1ccc2c(c1)OCO2)c1n[nH]c2c1COCC2. The minimum absolute atomic E-state index is 0.208. The van der Waals surface area contributed by atoms with E-state index in [1.165, 1.54) is 0 Å². The Morgan fingerprint density at radius 2 is 2.23 bits per heavy atom. The number of nitrogens with one attached hydrogen (secondary N) is 2. The van der Waals surface area contributed by atoms with Crippen molar-refractivity contribution < 1.29 is 19.0 Å². The van der Waals surface area contributed by atoms with Gasteiger partial charge in [0.2, 0.25) is 6.79 Å². The van der Waals surface area contributed by atoms with Gasteiger partial charge in [-0.15, -0.1) is 0 Å². The van der Waals surface area contributed by atoms with Crippen molar-refractivity contribution in [2.45, 2.75) is 19.6 Å². The van der Waals surface area contributed by atoms with Gasteiger partial charge in [-0.05, 0) is 17.7 Å². The van der Waals surface area contributed by atoms with Crippen LogP contribution in [0.3, 0.4) is 0 Å². The van der Waals surface area contributed by atoms with Gasteiger partial charge in [0.1, 0.15) is 0 Å². The molecule has 2 aliphatic rings. The van der Waals surface area contributed by atoms with Crippen LogP contribution in [0.5, 0.6) is 11.5 Å². The number of amides is 1. The average Bonchev–Trinajstić information content (AvgIpc) is 3.18. The smallest absolute Gasteiger partial charge is 0.272 e. The van der Waals surface area contributed by atoms with Gasteiger partial charge in [-0.3, -0.25) is 9.89 Å². The highest BCUT2D eigenvalue weighted by Crippen LogP contribution is 2.32. The number of carbonyl (C=O) groups excluding carboxylic acids is 1. The van der Waals surface area contributed by atoms with Crippen LogP contribution < -0.4 is 14.8 Å². The summed E-state index contributed by atoms with van der Waals surface area (Å²) in [6.07, 6.45) is 0.762. The first-order valence-corrected chi connectivity index (χ1v) is 7.12. The van der Waals surface area contributed by atoms with E-state index in [0.717, 1.165) is 29.0 Å². The van der Waals surface area contributed by atoms with Crippen molar-refractivity contribution in [1.29, 1.82) is 0 Å². The summed E-state index contributed by atoms with van der Waals surface area (Å²) in [7, 11) is 0. The number of fused-ring (bicyclic) bond motifs is 2. The first kappa shape index (κ1) is 13.1. The molecular weight excluding hydrogens is 286 g/mol. The molecular formula is C15H15N3O4. The molecule has 3 heterocycles. The van der Waals surface area contributed by atoms with E-state index in [2.05, 4.69) is 15.5 Å². The molecule has 4 rings (SSSR count). The number of aromatic amines is 1. The Morgan fingerprint density at radius 3 is 3.18 bits per heavy atom. The second-order valence-corrected chi connectivity index (χ2v) is 5.20. The number of ether oxygens (including phenoxy) is 3. The van der Waals surface area contributed by atoms with Gasteiger partial charge in [-0.25, -0.2) is 0 Å². The monoisotopic (exact) mass is 301 g/mol. The third-order valence-electron chi connectivity index (χ3n) is 3.80. The highest BCUT2D eigenvalue weighted by atomic mass is 16.7. The molecule has 1 aromatic carbocycles. The molecule has 2 aliphatic heterocycles. The summed E-state index contributed by atoms with van der Waals surface area (Å²) < 4.78 is 16.0. The zero-order chi connectivity index (χ0) is 14.9. The zero-order valence-electron chi connectivity index (χ0n) is 11.8. The average molecular weight is 301 g/mol. The van der Waals surface area contributed by atoms with Gasteiger partial charge in [-0.1, -0.05) is 6.07 Å². The Bertz CT molecular complexity index is 726. The van der Waals surface area contributed by atoms with Crippen LogP contribution >= 0.6 is 0 Å². The maximum atomic E-state index is 12.3. The van der Waals surface area contributed by atoms with Crippen molar-refractivity contribution in [1.82, 2.24) is 15.5 Å². The van der Waals surface area contributed by atoms with Crippen LogP contribution in [0.1, 0.15) is 27.3 Å². The normalized spacial score (nSPS) is 15.5. The van der Waals surface area contributed by atoms with Gasteiger partial charge in [0.25, 0.3) is 5.91 Å². The van der Waals surface area contributed by atoms with Crippen molar-refractivity contribution in [2.75, 3.05) is 13.4 Å². The van der Waals surface area contributed by atoms with Gasteiger partial charge in [0.05, 0.1) is 13.2 Å². The van der Waals surface area contributed by atoms with Gasteiger partial charge in [-0.2, -0.15) is 5.10 Å². The Hall–Kier alpha value is -2.54. The molecule has 0 saturated carbocycles. The number of H-pyrrole nitrogens is 1. The van der Waals surface area contributed by atoms with E-state index < -0.39 is 0 Å². The number of rotatable bonds is 3. The van der Waals surface area contributed by atoms with Crippen LogP contribution in [0.25, 0.3) is 0 Å². The number of hydrogen-bond donors (Lipinski definition) is 2. The van der Waals surface area contributed by atoms with E-state index in [9.17, 15) is 4.79 Å². The highest BCUT2D eigenvalue weighted by molar-refractivity contribution is 5.93. The molecule has 0 radical (unpaired) electrons. The topological polar surface area (TPSA) is 85.5 Å². The molecule has 0 bridgehead atoms. The van der Waals surface area contributed by atoms with Crippen molar-refractivity contribution in [3.05, 3.63) is 40.7 Å².